The molecule has 0 saturated heterocycles. The third kappa shape index (κ3) is 1.44. The highest BCUT2D eigenvalue weighted by atomic mass is 32.1. The number of nitrogens with zero attached hydrogens (tertiary/aromatic N) is 1. The van der Waals surface area contributed by atoms with Gasteiger partial charge in [-0.3, -0.25) is 4.57 Å². The molecule has 1 heterocycles. The fourth-order valence-corrected chi connectivity index (χ4v) is 2.11. The van der Waals surface area contributed by atoms with E-state index in [1.54, 1.807) is 5.38 Å². The quantitative estimate of drug-likeness (QED) is 0.675. The van der Waals surface area contributed by atoms with E-state index in [0.717, 1.165) is 11.3 Å². The first-order chi connectivity index (χ1) is 4.67. The van der Waals surface area contributed by atoms with Crippen molar-refractivity contribution in [1.29, 1.82) is 0 Å². The van der Waals surface area contributed by atoms with E-state index in [-0.39, 0.29) is 4.75 Å². The lowest BCUT2D eigenvalue weighted by molar-refractivity contribution is 0.328. The Balaban J connectivity index is 2.97. The van der Waals surface area contributed by atoms with Crippen LogP contribution in [0.1, 0.15) is 0 Å². The first-order valence-electron chi connectivity index (χ1n) is 2.45. The molecule has 0 saturated carbocycles. The summed E-state index contributed by atoms with van der Waals surface area (Å²) in [5, 5.41) is 1.62. The van der Waals surface area contributed by atoms with Crippen molar-refractivity contribution in [3.63, 3.8) is 0 Å². The average Bonchev–Trinajstić information content (AvgIpc) is 2.38. The van der Waals surface area contributed by atoms with Gasteiger partial charge in [0.2, 0.25) is 4.75 Å². The van der Waals surface area contributed by atoms with E-state index >= 15 is 0 Å². The van der Waals surface area contributed by atoms with Gasteiger partial charge in [0.1, 0.15) is 0 Å². The second-order valence-corrected chi connectivity index (χ2v) is 4.54. The van der Waals surface area contributed by atoms with E-state index in [2.05, 4.69) is 9.51 Å². The molecule has 4 nitrogen and oxygen atoms in total. The Hall–Kier alpha value is -0.220. The lowest BCUT2D eigenvalue weighted by Gasteiger charge is -2.02. The fraction of sp³-hybridized carbons (Fsp3) is 0.250. The molecule has 0 radical (unpaired) electrons. The normalized spacial score (nSPS) is 16.6. The maximum absolute atomic E-state index is 10.9. The maximum atomic E-state index is 10.9. The van der Waals surface area contributed by atoms with Crippen LogP contribution in [-0.4, -0.2) is 17.0 Å². The van der Waals surface area contributed by atoms with E-state index in [1.165, 1.54) is 13.3 Å². The molecule has 0 aliphatic carbocycles. The minimum atomic E-state index is -3.57. The summed E-state index contributed by atoms with van der Waals surface area (Å²) >= 11 is 1.11. The third-order valence-corrected chi connectivity index (χ3v) is 3.58. The molecule has 0 amide bonds. The summed E-state index contributed by atoms with van der Waals surface area (Å²) in [4.78, 5) is 12.6. The van der Waals surface area contributed by atoms with Crippen LogP contribution in [0.4, 0.5) is 0 Å². The lowest BCUT2D eigenvalue weighted by atomic mass is 11.0. The second-order valence-electron chi connectivity index (χ2n) is 1.52. The molecule has 0 spiro atoms. The molecule has 0 aliphatic rings. The van der Waals surface area contributed by atoms with Crippen LogP contribution >= 0.6 is 18.9 Å². The van der Waals surface area contributed by atoms with Gasteiger partial charge in [0, 0.05) is 18.7 Å². The van der Waals surface area contributed by atoms with Crippen LogP contribution in [0, 0.1) is 0 Å². The summed E-state index contributed by atoms with van der Waals surface area (Å²) in [6.45, 7) is 0. The molecule has 1 rings (SSSR count). The van der Waals surface area contributed by atoms with Crippen LogP contribution < -0.4 is 4.75 Å². The van der Waals surface area contributed by atoms with Gasteiger partial charge in [0.15, 0.2) is 0 Å². The standard InChI is InChI=1S/C4H6NO3PS/c1-8-9(6,7)4-5-2-3-10-4/h2-3H,1H3,(H,6,7). The van der Waals surface area contributed by atoms with Gasteiger partial charge in [-0.15, -0.1) is 11.3 Å². The van der Waals surface area contributed by atoms with E-state index in [9.17, 15) is 4.57 Å². The van der Waals surface area contributed by atoms with Gasteiger partial charge in [0.25, 0.3) is 0 Å². The van der Waals surface area contributed by atoms with Crippen molar-refractivity contribution in [1.82, 2.24) is 4.98 Å². The number of hydrogen-bond acceptors (Lipinski definition) is 4. The molecule has 56 valence electrons. The first kappa shape index (κ1) is 7.88. The lowest BCUT2D eigenvalue weighted by Crippen LogP contribution is -2.02. The summed E-state index contributed by atoms with van der Waals surface area (Å²) < 4.78 is 15.4. The smallest absolute Gasteiger partial charge is 0.319 e. The van der Waals surface area contributed by atoms with Crippen molar-refractivity contribution >= 4 is 23.7 Å². The zero-order valence-electron chi connectivity index (χ0n) is 5.22. The molecule has 1 atom stereocenters. The number of hydrogen-bond donors (Lipinski definition) is 1. The maximum Gasteiger partial charge on any atom is 0.386 e. The zero-order valence-corrected chi connectivity index (χ0v) is 6.93. The number of aromatic nitrogens is 1. The van der Waals surface area contributed by atoms with Gasteiger partial charge in [-0.05, 0) is 0 Å². The molecule has 0 aromatic carbocycles. The number of thiazole rings is 1. The van der Waals surface area contributed by atoms with E-state index in [4.69, 9.17) is 4.89 Å². The second kappa shape index (κ2) is 2.80. The largest absolute Gasteiger partial charge is 0.386 e. The Bertz CT molecular complexity index is 247. The van der Waals surface area contributed by atoms with Crippen LogP contribution in [-0.2, 0) is 9.09 Å². The van der Waals surface area contributed by atoms with Gasteiger partial charge in [0.05, 0.1) is 0 Å². The molecular formula is C4H6NO3PS. The Morgan fingerprint density at radius 2 is 2.60 bits per heavy atom. The van der Waals surface area contributed by atoms with Gasteiger partial charge >= 0.3 is 7.60 Å². The molecule has 1 unspecified atom stereocenters. The van der Waals surface area contributed by atoms with Crippen LogP contribution in [0.3, 0.4) is 0 Å². The third-order valence-electron chi connectivity index (χ3n) is 0.908. The highest BCUT2D eigenvalue weighted by Crippen LogP contribution is 2.39. The van der Waals surface area contributed by atoms with Gasteiger partial charge in [-0.25, -0.2) is 4.98 Å². The molecular weight excluding hydrogens is 173 g/mol. The van der Waals surface area contributed by atoms with Crippen molar-refractivity contribution in [2.24, 2.45) is 0 Å². The Kier molecular flexibility index (Phi) is 2.21. The SMILES string of the molecule is COP(=O)(O)c1nccs1. The van der Waals surface area contributed by atoms with Crippen molar-refractivity contribution in [2.75, 3.05) is 7.11 Å². The number of rotatable bonds is 2. The minimum absolute atomic E-state index is 0.134. The fourth-order valence-electron chi connectivity index (χ4n) is 0.434. The van der Waals surface area contributed by atoms with Crippen molar-refractivity contribution in [3.8, 4) is 0 Å². The Labute approximate surface area is 62.0 Å². The van der Waals surface area contributed by atoms with Crippen LogP contribution in [0.15, 0.2) is 11.6 Å². The molecule has 0 fully saturated rings. The summed E-state index contributed by atoms with van der Waals surface area (Å²) in [5.41, 5.74) is 0. The van der Waals surface area contributed by atoms with Gasteiger partial charge in [-0.2, -0.15) is 0 Å². The average molecular weight is 179 g/mol. The summed E-state index contributed by atoms with van der Waals surface area (Å²) in [6.07, 6.45) is 1.46. The minimum Gasteiger partial charge on any atom is -0.319 e. The van der Waals surface area contributed by atoms with E-state index in [0.29, 0.717) is 0 Å². The van der Waals surface area contributed by atoms with Crippen LogP contribution in [0.25, 0.3) is 0 Å². The van der Waals surface area contributed by atoms with Crippen molar-refractivity contribution in [2.45, 2.75) is 0 Å². The van der Waals surface area contributed by atoms with Crippen LogP contribution in [0.5, 0.6) is 0 Å². The van der Waals surface area contributed by atoms with Crippen molar-refractivity contribution < 1.29 is 14.0 Å². The molecule has 1 aromatic rings. The first-order valence-corrected chi connectivity index (χ1v) is 4.91. The van der Waals surface area contributed by atoms with Gasteiger partial charge in [-0.1, -0.05) is 0 Å². The highest BCUT2D eigenvalue weighted by molar-refractivity contribution is 7.67. The van der Waals surface area contributed by atoms with Crippen molar-refractivity contribution in [3.05, 3.63) is 11.6 Å². The molecule has 0 aliphatic heterocycles. The topological polar surface area (TPSA) is 59.4 Å². The predicted molar refractivity (Wildman–Crippen MR) is 38.6 cm³/mol. The molecule has 0 bridgehead atoms. The summed E-state index contributed by atoms with van der Waals surface area (Å²) in [7, 11) is -2.39. The monoisotopic (exact) mass is 179 g/mol. The molecule has 6 heteroatoms. The summed E-state index contributed by atoms with van der Waals surface area (Å²) in [6, 6.07) is 0. The van der Waals surface area contributed by atoms with E-state index < -0.39 is 7.60 Å². The summed E-state index contributed by atoms with van der Waals surface area (Å²) in [5.74, 6) is 0. The molecule has 10 heavy (non-hydrogen) atoms. The zero-order chi connectivity index (χ0) is 7.61. The Morgan fingerprint density at radius 3 is 3.00 bits per heavy atom. The van der Waals surface area contributed by atoms with Gasteiger partial charge < -0.3 is 9.42 Å². The molecule has 1 N–H and O–H groups in total. The molecule has 1 aromatic heterocycles. The predicted octanol–water partition coefficient (Wildman–Crippen LogP) is 0.600. The van der Waals surface area contributed by atoms with Crippen LogP contribution in [0.2, 0.25) is 0 Å². The Morgan fingerprint density at radius 1 is 1.90 bits per heavy atom. The highest BCUT2D eigenvalue weighted by Gasteiger charge is 2.23. The van der Waals surface area contributed by atoms with E-state index in [1.807, 2.05) is 0 Å².